The number of hydrogen-bond donors (Lipinski definition) is 0. The zero-order valence-corrected chi connectivity index (χ0v) is 24.4. The van der Waals surface area contributed by atoms with Gasteiger partial charge < -0.3 is 4.74 Å². The molecule has 3 fully saturated rings. The Hall–Kier alpha value is -2.83. The second kappa shape index (κ2) is 11.6. The standard InChI is InChI=1S/C29H30N4O4S3/c34-28-26(39-29(38)33(28)24-11-5-2-6-12-24)19-22-20-32(23-9-3-1-4-10-23)30-27(22)21-8-7-13-25(18-21)40(35,36)31-14-16-37-17-15-31/h1,3-4,7-10,13,18-20,24H,2,5-6,11-12,14-17H2. The van der Waals surface area contributed by atoms with Crippen LogP contribution in [-0.4, -0.2) is 70.0 Å². The van der Waals surface area contributed by atoms with Crippen LogP contribution in [0, 0.1) is 0 Å². The summed E-state index contributed by atoms with van der Waals surface area (Å²) in [6, 6.07) is 16.7. The summed E-state index contributed by atoms with van der Waals surface area (Å²) in [5.74, 6) is -0.0658. The average Bonchev–Trinajstić information content (AvgIpc) is 3.54. The van der Waals surface area contributed by atoms with Gasteiger partial charge in [-0.05, 0) is 43.2 Å². The van der Waals surface area contributed by atoms with E-state index in [1.165, 1.54) is 22.5 Å². The number of amides is 1. The number of para-hydroxylation sites is 1. The molecular weight excluding hydrogens is 565 g/mol. The number of rotatable bonds is 6. The molecule has 0 radical (unpaired) electrons. The van der Waals surface area contributed by atoms with Gasteiger partial charge in [-0.2, -0.15) is 9.40 Å². The Morgan fingerprint density at radius 3 is 2.50 bits per heavy atom. The number of morpholine rings is 1. The molecule has 0 bridgehead atoms. The molecule has 2 aromatic carbocycles. The Morgan fingerprint density at radius 2 is 1.75 bits per heavy atom. The van der Waals surface area contributed by atoms with Crippen molar-refractivity contribution in [3.05, 3.63) is 71.3 Å². The fraction of sp³-hybridized carbons (Fsp3) is 0.345. The second-order valence-corrected chi connectivity index (χ2v) is 13.7. The molecule has 40 heavy (non-hydrogen) atoms. The fourth-order valence-corrected chi connectivity index (χ4v) is 8.29. The van der Waals surface area contributed by atoms with Crippen LogP contribution in [0.2, 0.25) is 0 Å². The van der Waals surface area contributed by atoms with Crippen molar-refractivity contribution in [3.63, 3.8) is 0 Å². The predicted octanol–water partition coefficient (Wildman–Crippen LogP) is 5.09. The van der Waals surface area contributed by atoms with Crippen LogP contribution in [0.3, 0.4) is 0 Å². The molecule has 2 saturated heterocycles. The lowest BCUT2D eigenvalue weighted by atomic mass is 9.94. The molecule has 8 nitrogen and oxygen atoms in total. The smallest absolute Gasteiger partial charge is 0.266 e. The summed E-state index contributed by atoms with van der Waals surface area (Å²) in [6.07, 6.45) is 9.08. The summed E-state index contributed by atoms with van der Waals surface area (Å²) in [5, 5.41) is 4.86. The third-order valence-electron chi connectivity index (χ3n) is 7.53. The Labute approximate surface area is 244 Å². The average molecular weight is 595 g/mol. The highest BCUT2D eigenvalue weighted by Gasteiger charge is 2.37. The van der Waals surface area contributed by atoms with Gasteiger partial charge >= 0.3 is 0 Å². The van der Waals surface area contributed by atoms with E-state index in [-0.39, 0.29) is 16.8 Å². The molecule has 2 aliphatic heterocycles. The van der Waals surface area contributed by atoms with E-state index in [9.17, 15) is 13.2 Å². The molecule has 3 aromatic rings. The minimum atomic E-state index is -3.69. The first-order valence-corrected chi connectivity index (χ1v) is 16.2. The first-order chi connectivity index (χ1) is 19.4. The topological polar surface area (TPSA) is 84.7 Å². The summed E-state index contributed by atoms with van der Waals surface area (Å²) >= 11 is 6.97. The van der Waals surface area contributed by atoms with Crippen molar-refractivity contribution in [1.82, 2.24) is 19.0 Å². The van der Waals surface area contributed by atoms with Gasteiger partial charge in [-0.25, -0.2) is 13.1 Å². The Bertz CT molecular complexity index is 1560. The van der Waals surface area contributed by atoms with Crippen molar-refractivity contribution in [1.29, 1.82) is 0 Å². The largest absolute Gasteiger partial charge is 0.379 e. The summed E-state index contributed by atoms with van der Waals surface area (Å²) in [6.45, 7) is 1.40. The van der Waals surface area contributed by atoms with Crippen molar-refractivity contribution >= 4 is 50.3 Å². The number of aromatic nitrogens is 2. The molecule has 0 N–H and O–H groups in total. The van der Waals surface area contributed by atoms with Crippen molar-refractivity contribution < 1.29 is 17.9 Å². The van der Waals surface area contributed by atoms with Crippen LogP contribution in [-0.2, 0) is 19.6 Å². The molecule has 1 aliphatic carbocycles. The summed E-state index contributed by atoms with van der Waals surface area (Å²) in [7, 11) is -3.69. The van der Waals surface area contributed by atoms with E-state index in [4.69, 9.17) is 22.1 Å². The Balaban J connectivity index is 1.39. The second-order valence-electron chi connectivity index (χ2n) is 10.1. The highest BCUT2D eigenvalue weighted by Crippen LogP contribution is 2.38. The van der Waals surface area contributed by atoms with Crippen molar-refractivity contribution in [2.75, 3.05) is 26.3 Å². The van der Waals surface area contributed by atoms with Gasteiger partial charge in [-0.1, -0.05) is 73.6 Å². The molecule has 208 valence electrons. The molecule has 6 rings (SSSR count). The monoisotopic (exact) mass is 594 g/mol. The number of benzene rings is 2. The molecule has 0 spiro atoms. The van der Waals surface area contributed by atoms with Crippen LogP contribution in [0.5, 0.6) is 0 Å². The van der Waals surface area contributed by atoms with E-state index in [0.29, 0.717) is 52.3 Å². The maximum atomic E-state index is 13.5. The van der Waals surface area contributed by atoms with Gasteiger partial charge in [0.25, 0.3) is 5.91 Å². The van der Waals surface area contributed by atoms with E-state index in [1.807, 2.05) is 48.7 Å². The number of thiocarbonyl (C=S) groups is 1. The van der Waals surface area contributed by atoms with Crippen LogP contribution in [0.4, 0.5) is 0 Å². The molecule has 0 unspecified atom stereocenters. The maximum absolute atomic E-state index is 13.5. The quantitative estimate of drug-likeness (QED) is 0.290. The molecule has 11 heteroatoms. The van der Waals surface area contributed by atoms with E-state index >= 15 is 0 Å². The molecule has 1 saturated carbocycles. The Kier molecular flexibility index (Phi) is 7.91. The minimum Gasteiger partial charge on any atom is -0.379 e. The van der Waals surface area contributed by atoms with Crippen LogP contribution >= 0.6 is 24.0 Å². The number of nitrogens with zero attached hydrogens (tertiary/aromatic N) is 4. The predicted molar refractivity (Wildman–Crippen MR) is 160 cm³/mol. The minimum absolute atomic E-state index is 0.0658. The van der Waals surface area contributed by atoms with Crippen LogP contribution in [0.1, 0.15) is 37.7 Å². The van der Waals surface area contributed by atoms with Crippen molar-refractivity contribution in [2.24, 2.45) is 0 Å². The van der Waals surface area contributed by atoms with Gasteiger partial charge in [0, 0.05) is 36.5 Å². The lowest BCUT2D eigenvalue weighted by Crippen LogP contribution is -2.40. The third kappa shape index (κ3) is 5.40. The van der Waals surface area contributed by atoms with Crippen molar-refractivity contribution in [3.8, 4) is 16.9 Å². The molecule has 0 atom stereocenters. The van der Waals surface area contributed by atoms with Gasteiger partial charge in [0.15, 0.2) is 0 Å². The molecule has 1 aromatic heterocycles. The van der Waals surface area contributed by atoms with Crippen LogP contribution in [0.25, 0.3) is 23.0 Å². The molecule has 3 heterocycles. The maximum Gasteiger partial charge on any atom is 0.266 e. The van der Waals surface area contributed by atoms with E-state index in [0.717, 1.165) is 31.4 Å². The summed E-state index contributed by atoms with van der Waals surface area (Å²) < 4.78 is 35.9. The number of thioether (sulfide) groups is 1. The van der Waals surface area contributed by atoms with E-state index in [1.54, 1.807) is 27.8 Å². The SMILES string of the molecule is O=C1C(=Cc2cn(-c3ccccc3)nc2-c2cccc(S(=O)(=O)N3CCOCC3)c2)SC(=S)N1C1CCCCC1. The van der Waals surface area contributed by atoms with Gasteiger partial charge in [0.2, 0.25) is 10.0 Å². The number of hydrogen-bond acceptors (Lipinski definition) is 7. The molecule has 3 aliphatic rings. The van der Waals surface area contributed by atoms with Gasteiger partial charge in [-0.3, -0.25) is 9.69 Å². The third-order valence-corrected chi connectivity index (χ3v) is 10.8. The number of carbonyl (C=O) groups is 1. The van der Waals surface area contributed by atoms with Gasteiger partial charge in [-0.15, -0.1) is 0 Å². The first-order valence-electron chi connectivity index (χ1n) is 13.5. The first kappa shape index (κ1) is 27.3. The zero-order valence-electron chi connectivity index (χ0n) is 21.9. The summed E-state index contributed by atoms with van der Waals surface area (Å²) in [5.41, 5.74) is 2.81. The highest BCUT2D eigenvalue weighted by atomic mass is 32.2. The molecule has 1 amide bonds. The van der Waals surface area contributed by atoms with E-state index in [2.05, 4.69) is 0 Å². The highest BCUT2D eigenvalue weighted by molar-refractivity contribution is 8.26. The number of carbonyl (C=O) groups excluding carboxylic acids is 1. The van der Waals surface area contributed by atoms with E-state index < -0.39 is 10.0 Å². The van der Waals surface area contributed by atoms with Crippen LogP contribution in [0.15, 0.2) is 70.6 Å². The lowest BCUT2D eigenvalue weighted by molar-refractivity contribution is -0.124. The number of ether oxygens (including phenoxy) is 1. The fourth-order valence-electron chi connectivity index (χ4n) is 5.45. The van der Waals surface area contributed by atoms with Crippen LogP contribution < -0.4 is 0 Å². The van der Waals surface area contributed by atoms with Crippen molar-refractivity contribution in [2.45, 2.75) is 43.0 Å². The molecular formula is C29H30N4O4S3. The zero-order chi connectivity index (χ0) is 27.7. The van der Waals surface area contributed by atoms with Gasteiger partial charge in [0.1, 0.15) is 10.0 Å². The Morgan fingerprint density at radius 1 is 1.00 bits per heavy atom. The lowest BCUT2D eigenvalue weighted by Gasteiger charge is -2.29. The summed E-state index contributed by atoms with van der Waals surface area (Å²) in [4.78, 5) is 16.1. The normalized spacial score (nSPS) is 20.5. The number of sulfonamides is 1. The van der Waals surface area contributed by atoms with Gasteiger partial charge in [0.05, 0.1) is 28.7 Å².